The fourth-order valence-corrected chi connectivity index (χ4v) is 4.12. The highest BCUT2D eigenvalue weighted by Crippen LogP contribution is 2.23. The SMILES string of the molecule is CC(C)Cc1ccc(C(=O)C2CCN(C[C@H](O)COc3cccc([N+](=O)[O-])c3)CC2)cc1. The molecule has 0 bridgehead atoms. The molecule has 0 spiro atoms. The van der Waals surface area contributed by atoms with Gasteiger partial charge >= 0.3 is 0 Å². The summed E-state index contributed by atoms with van der Waals surface area (Å²) in [5.74, 6) is 1.17. The zero-order valence-corrected chi connectivity index (χ0v) is 18.8. The van der Waals surface area contributed by atoms with Gasteiger partial charge in [0.25, 0.3) is 5.69 Å². The van der Waals surface area contributed by atoms with Crippen molar-refractivity contribution in [2.75, 3.05) is 26.2 Å². The van der Waals surface area contributed by atoms with Gasteiger partial charge in [0.05, 0.1) is 11.0 Å². The Kier molecular flexibility index (Phi) is 8.36. The monoisotopic (exact) mass is 440 g/mol. The second-order valence-corrected chi connectivity index (χ2v) is 8.95. The minimum atomic E-state index is -0.713. The molecule has 1 fully saturated rings. The highest BCUT2D eigenvalue weighted by atomic mass is 16.6. The summed E-state index contributed by atoms with van der Waals surface area (Å²) in [5.41, 5.74) is 1.99. The summed E-state index contributed by atoms with van der Waals surface area (Å²) in [6, 6.07) is 13.9. The normalized spacial score (nSPS) is 16.1. The summed E-state index contributed by atoms with van der Waals surface area (Å²) in [6.07, 6.45) is 1.84. The van der Waals surface area contributed by atoms with Crippen molar-refractivity contribution in [2.45, 2.75) is 39.2 Å². The molecule has 0 unspecified atom stereocenters. The van der Waals surface area contributed by atoms with Crippen molar-refractivity contribution >= 4 is 11.5 Å². The second-order valence-electron chi connectivity index (χ2n) is 8.95. The zero-order chi connectivity index (χ0) is 23.1. The predicted molar refractivity (Wildman–Crippen MR) is 123 cm³/mol. The number of ketones is 1. The number of piperidine rings is 1. The molecular weight excluding hydrogens is 408 g/mol. The Labute approximate surface area is 189 Å². The van der Waals surface area contributed by atoms with E-state index in [0.717, 1.165) is 37.9 Å². The Bertz CT molecular complexity index is 905. The third kappa shape index (κ3) is 6.87. The molecule has 2 aromatic carbocycles. The van der Waals surface area contributed by atoms with E-state index < -0.39 is 11.0 Å². The zero-order valence-electron chi connectivity index (χ0n) is 18.8. The second kappa shape index (κ2) is 11.2. The molecule has 1 atom stereocenters. The number of ether oxygens (including phenoxy) is 1. The molecule has 7 nitrogen and oxygen atoms in total. The van der Waals surface area contributed by atoms with E-state index in [4.69, 9.17) is 4.74 Å². The molecule has 172 valence electrons. The number of hydrogen-bond donors (Lipinski definition) is 1. The Morgan fingerprint density at radius 2 is 1.88 bits per heavy atom. The number of rotatable bonds is 10. The highest BCUT2D eigenvalue weighted by molar-refractivity contribution is 5.97. The van der Waals surface area contributed by atoms with Crippen LogP contribution in [0.5, 0.6) is 5.75 Å². The van der Waals surface area contributed by atoms with Gasteiger partial charge in [0.2, 0.25) is 0 Å². The summed E-state index contributed by atoms with van der Waals surface area (Å²) < 4.78 is 5.52. The van der Waals surface area contributed by atoms with Crippen LogP contribution in [0.4, 0.5) is 5.69 Å². The van der Waals surface area contributed by atoms with Crippen molar-refractivity contribution in [2.24, 2.45) is 11.8 Å². The van der Waals surface area contributed by atoms with Crippen LogP contribution in [0, 0.1) is 22.0 Å². The van der Waals surface area contributed by atoms with Gasteiger partial charge in [-0.25, -0.2) is 0 Å². The maximum Gasteiger partial charge on any atom is 0.273 e. The molecule has 0 saturated carbocycles. The molecule has 1 N–H and O–H groups in total. The summed E-state index contributed by atoms with van der Waals surface area (Å²) in [4.78, 5) is 25.4. The lowest BCUT2D eigenvalue weighted by molar-refractivity contribution is -0.384. The van der Waals surface area contributed by atoms with Crippen molar-refractivity contribution < 1.29 is 19.6 Å². The number of likely N-dealkylation sites (tertiary alicyclic amines) is 1. The lowest BCUT2D eigenvalue weighted by Gasteiger charge is -2.32. The Balaban J connectivity index is 1.42. The molecule has 0 radical (unpaired) electrons. The standard InChI is InChI=1S/C25H32N2O5/c1-18(2)14-19-6-8-20(9-7-19)25(29)21-10-12-26(13-11-21)16-23(28)17-32-24-5-3-4-22(15-24)27(30)31/h3-9,15,18,21,23,28H,10-14,16-17H2,1-2H3/t23-/m0/s1. The third-order valence-corrected chi connectivity index (χ3v) is 5.78. The first-order chi connectivity index (χ1) is 15.3. The number of nitro groups is 1. The summed E-state index contributed by atoms with van der Waals surface area (Å²) in [5, 5.41) is 21.2. The molecule has 1 saturated heterocycles. The van der Waals surface area contributed by atoms with Crippen LogP contribution in [0.15, 0.2) is 48.5 Å². The van der Waals surface area contributed by atoms with Gasteiger partial charge in [-0.1, -0.05) is 44.2 Å². The van der Waals surface area contributed by atoms with Crippen LogP contribution in [0.25, 0.3) is 0 Å². The van der Waals surface area contributed by atoms with Crippen LogP contribution >= 0.6 is 0 Å². The minimum absolute atomic E-state index is 0.0143. The van der Waals surface area contributed by atoms with Gasteiger partial charge in [0.1, 0.15) is 18.5 Å². The van der Waals surface area contributed by atoms with E-state index in [1.54, 1.807) is 12.1 Å². The van der Waals surface area contributed by atoms with Crippen molar-refractivity contribution in [3.8, 4) is 5.75 Å². The Morgan fingerprint density at radius 1 is 1.19 bits per heavy atom. The summed E-state index contributed by atoms with van der Waals surface area (Å²) in [6.45, 7) is 6.36. The molecule has 3 rings (SSSR count). The molecular formula is C25H32N2O5. The molecule has 0 aromatic heterocycles. The van der Waals surface area contributed by atoms with Gasteiger partial charge in [-0.3, -0.25) is 14.9 Å². The number of nitro benzene ring substituents is 1. The molecule has 1 aliphatic heterocycles. The Morgan fingerprint density at radius 3 is 2.50 bits per heavy atom. The Hall–Kier alpha value is -2.77. The van der Waals surface area contributed by atoms with Crippen LogP contribution < -0.4 is 4.74 Å². The fraction of sp³-hybridized carbons (Fsp3) is 0.480. The quantitative estimate of drug-likeness (QED) is 0.339. The van der Waals surface area contributed by atoms with E-state index in [-0.39, 0.29) is 24.0 Å². The number of β-amino-alcohol motifs (C(OH)–C–C–N with tert-alkyl or cyclic N) is 1. The number of Topliss-reactive ketones (excluding diaryl/α,β-unsaturated/α-hetero) is 1. The predicted octanol–water partition coefficient (Wildman–Crippen LogP) is 4.13. The van der Waals surface area contributed by atoms with E-state index in [1.807, 2.05) is 12.1 Å². The number of aliphatic hydroxyl groups is 1. The first-order valence-corrected chi connectivity index (χ1v) is 11.2. The average molecular weight is 441 g/mol. The van der Waals surface area contributed by atoms with Gasteiger partial charge in [-0.2, -0.15) is 0 Å². The van der Waals surface area contributed by atoms with Crippen molar-refractivity contribution in [1.29, 1.82) is 0 Å². The van der Waals surface area contributed by atoms with Crippen LogP contribution in [-0.2, 0) is 6.42 Å². The molecule has 1 aliphatic rings. The number of carbonyl (C=O) groups excluding carboxylic acids is 1. The number of non-ortho nitro benzene ring substituents is 1. The molecule has 1 heterocycles. The van der Waals surface area contributed by atoms with Gasteiger partial charge in [-0.05, 0) is 49.9 Å². The maximum atomic E-state index is 12.9. The average Bonchev–Trinajstić information content (AvgIpc) is 2.78. The smallest absolute Gasteiger partial charge is 0.273 e. The maximum absolute atomic E-state index is 12.9. The summed E-state index contributed by atoms with van der Waals surface area (Å²) >= 11 is 0. The van der Waals surface area contributed by atoms with Crippen molar-refractivity contribution in [3.63, 3.8) is 0 Å². The van der Waals surface area contributed by atoms with E-state index in [2.05, 4.69) is 30.9 Å². The molecule has 7 heteroatoms. The number of benzene rings is 2. The van der Waals surface area contributed by atoms with E-state index in [0.29, 0.717) is 18.2 Å². The van der Waals surface area contributed by atoms with Gasteiger partial charge < -0.3 is 14.7 Å². The number of carbonyl (C=O) groups is 1. The fourth-order valence-electron chi connectivity index (χ4n) is 4.12. The van der Waals surface area contributed by atoms with Gasteiger partial charge in [0.15, 0.2) is 5.78 Å². The van der Waals surface area contributed by atoms with Crippen LogP contribution in [0.3, 0.4) is 0 Å². The third-order valence-electron chi connectivity index (χ3n) is 5.78. The number of hydrogen-bond acceptors (Lipinski definition) is 6. The minimum Gasteiger partial charge on any atom is -0.491 e. The first-order valence-electron chi connectivity index (χ1n) is 11.2. The van der Waals surface area contributed by atoms with Crippen LogP contribution in [0.2, 0.25) is 0 Å². The van der Waals surface area contributed by atoms with Crippen LogP contribution in [-0.4, -0.2) is 53.1 Å². The van der Waals surface area contributed by atoms with Crippen molar-refractivity contribution in [1.82, 2.24) is 4.90 Å². The molecule has 32 heavy (non-hydrogen) atoms. The molecule has 0 amide bonds. The summed E-state index contributed by atoms with van der Waals surface area (Å²) in [7, 11) is 0. The molecule has 2 aromatic rings. The van der Waals surface area contributed by atoms with Crippen molar-refractivity contribution in [3.05, 3.63) is 69.8 Å². The van der Waals surface area contributed by atoms with E-state index >= 15 is 0 Å². The topological polar surface area (TPSA) is 92.9 Å². The van der Waals surface area contributed by atoms with Gasteiger partial charge in [-0.15, -0.1) is 0 Å². The number of nitrogens with zero attached hydrogens (tertiary/aromatic N) is 2. The van der Waals surface area contributed by atoms with Crippen LogP contribution in [0.1, 0.15) is 42.6 Å². The lowest BCUT2D eigenvalue weighted by atomic mass is 9.88. The van der Waals surface area contributed by atoms with Gasteiger partial charge in [0, 0.05) is 24.1 Å². The number of aliphatic hydroxyl groups excluding tert-OH is 1. The van der Waals surface area contributed by atoms with E-state index in [1.165, 1.54) is 17.7 Å². The lowest BCUT2D eigenvalue weighted by Crippen LogP contribution is -2.42. The molecule has 0 aliphatic carbocycles. The highest BCUT2D eigenvalue weighted by Gasteiger charge is 2.26. The first kappa shape index (κ1) is 23.9. The van der Waals surface area contributed by atoms with E-state index in [9.17, 15) is 20.0 Å². The largest absolute Gasteiger partial charge is 0.491 e.